The van der Waals surface area contributed by atoms with Gasteiger partial charge in [0.05, 0.1) is 6.20 Å². The Morgan fingerprint density at radius 1 is 1.28 bits per heavy atom. The van der Waals surface area contributed by atoms with Crippen LogP contribution in [-0.2, 0) is 11.4 Å². The molecule has 0 saturated heterocycles. The van der Waals surface area contributed by atoms with Crippen molar-refractivity contribution in [3.63, 3.8) is 0 Å². The minimum atomic E-state index is -1.11. The lowest BCUT2D eigenvalue weighted by molar-refractivity contribution is -0.148. The lowest BCUT2D eigenvalue weighted by atomic mass is 9.76. The van der Waals surface area contributed by atoms with Crippen molar-refractivity contribution in [2.24, 2.45) is 0 Å². The van der Waals surface area contributed by atoms with Crippen LogP contribution in [0.5, 0.6) is 5.75 Å². The second-order valence-electron chi connectivity index (χ2n) is 6.32. The van der Waals surface area contributed by atoms with Gasteiger partial charge in [-0.2, -0.15) is 0 Å². The van der Waals surface area contributed by atoms with Gasteiger partial charge in [0.2, 0.25) is 0 Å². The molecule has 2 aromatic rings. The number of aromatic nitrogens is 1. The van der Waals surface area contributed by atoms with Crippen molar-refractivity contribution < 1.29 is 19.4 Å². The van der Waals surface area contributed by atoms with Gasteiger partial charge in [0.15, 0.2) is 0 Å². The van der Waals surface area contributed by atoms with Crippen LogP contribution in [0, 0.1) is 6.92 Å². The number of nitrogens with one attached hydrogen (secondary N) is 1. The van der Waals surface area contributed by atoms with Crippen LogP contribution in [0.4, 0.5) is 0 Å². The fraction of sp³-hybridized carbons (Fsp3) is 0.316. The van der Waals surface area contributed by atoms with Crippen molar-refractivity contribution in [1.82, 2.24) is 10.3 Å². The number of carbonyl (C=O) groups excluding carboxylic acids is 1. The van der Waals surface area contributed by atoms with Crippen molar-refractivity contribution >= 4 is 11.9 Å². The van der Waals surface area contributed by atoms with E-state index in [0.717, 1.165) is 17.7 Å². The topological polar surface area (TPSA) is 88.5 Å². The van der Waals surface area contributed by atoms with Gasteiger partial charge >= 0.3 is 5.97 Å². The fourth-order valence-corrected chi connectivity index (χ4v) is 2.72. The second-order valence-corrected chi connectivity index (χ2v) is 6.32. The van der Waals surface area contributed by atoms with E-state index in [4.69, 9.17) is 4.74 Å². The Kier molecular flexibility index (Phi) is 4.70. The molecule has 0 atom stereocenters. The molecule has 25 heavy (non-hydrogen) atoms. The lowest BCUT2D eigenvalue weighted by Crippen LogP contribution is -2.59. The highest BCUT2D eigenvalue weighted by Crippen LogP contribution is 2.32. The Morgan fingerprint density at radius 2 is 2.08 bits per heavy atom. The van der Waals surface area contributed by atoms with E-state index in [2.05, 4.69) is 10.3 Å². The maximum absolute atomic E-state index is 12.4. The summed E-state index contributed by atoms with van der Waals surface area (Å²) in [6, 6.07) is 10.7. The van der Waals surface area contributed by atoms with Crippen LogP contribution in [0.15, 0.2) is 42.6 Å². The molecule has 0 radical (unpaired) electrons. The molecule has 0 spiro atoms. The van der Waals surface area contributed by atoms with Crippen LogP contribution in [0.3, 0.4) is 0 Å². The van der Waals surface area contributed by atoms with E-state index in [-0.39, 0.29) is 5.91 Å². The quantitative estimate of drug-likeness (QED) is 0.844. The summed E-state index contributed by atoms with van der Waals surface area (Å²) in [5.74, 6) is -0.695. The van der Waals surface area contributed by atoms with Crippen LogP contribution < -0.4 is 10.1 Å². The van der Waals surface area contributed by atoms with Crippen molar-refractivity contribution in [2.75, 3.05) is 0 Å². The van der Waals surface area contributed by atoms with E-state index < -0.39 is 11.5 Å². The van der Waals surface area contributed by atoms with Gasteiger partial charge in [-0.1, -0.05) is 12.1 Å². The molecule has 1 fully saturated rings. The summed E-state index contributed by atoms with van der Waals surface area (Å²) in [4.78, 5) is 27.9. The van der Waals surface area contributed by atoms with Gasteiger partial charge in [-0.15, -0.1) is 0 Å². The predicted molar refractivity (Wildman–Crippen MR) is 91.4 cm³/mol. The molecule has 1 heterocycles. The first-order valence-electron chi connectivity index (χ1n) is 8.19. The predicted octanol–water partition coefficient (Wildman–Crippen LogP) is 2.71. The normalized spacial score (nSPS) is 15.1. The average molecular weight is 340 g/mol. The number of hydrogen-bond acceptors (Lipinski definition) is 4. The monoisotopic (exact) mass is 340 g/mol. The van der Waals surface area contributed by atoms with Crippen molar-refractivity contribution in [3.05, 3.63) is 59.4 Å². The number of aryl methyl sites for hydroxylation is 1. The van der Waals surface area contributed by atoms with Gasteiger partial charge in [-0.25, -0.2) is 4.79 Å². The first-order valence-corrected chi connectivity index (χ1v) is 8.19. The average Bonchev–Trinajstić information content (AvgIpc) is 2.57. The summed E-state index contributed by atoms with van der Waals surface area (Å²) in [7, 11) is 0. The highest BCUT2D eigenvalue weighted by atomic mass is 16.5. The summed E-state index contributed by atoms with van der Waals surface area (Å²) >= 11 is 0. The van der Waals surface area contributed by atoms with E-state index in [1.807, 2.05) is 25.1 Å². The Balaban J connectivity index is 1.65. The minimum absolute atomic E-state index is 0.302. The molecule has 130 valence electrons. The number of rotatable bonds is 6. The van der Waals surface area contributed by atoms with E-state index in [9.17, 15) is 14.7 Å². The summed E-state index contributed by atoms with van der Waals surface area (Å²) < 4.78 is 5.66. The number of carboxylic acids is 1. The third-order valence-corrected chi connectivity index (χ3v) is 4.45. The number of hydrogen-bond donors (Lipinski definition) is 2. The summed E-state index contributed by atoms with van der Waals surface area (Å²) in [5, 5.41) is 12.0. The molecule has 1 saturated carbocycles. The fourth-order valence-electron chi connectivity index (χ4n) is 2.72. The van der Waals surface area contributed by atoms with Crippen LogP contribution in [0.25, 0.3) is 0 Å². The largest absolute Gasteiger partial charge is 0.487 e. The van der Waals surface area contributed by atoms with E-state index in [1.165, 1.54) is 0 Å². The molecule has 6 nitrogen and oxygen atoms in total. The molecule has 2 N–H and O–H groups in total. The number of amides is 1. The molecule has 1 aromatic carbocycles. The molecule has 0 aliphatic heterocycles. The third kappa shape index (κ3) is 3.79. The molecular weight excluding hydrogens is 320 g/mol. The van der Waals surface area contributed by atoms with Gasteiger partial charge < -0.3 is 15.2 Å². The summed E-state index contributed by atoms with van der Waals surface area (Å²) in [6.45, 7) is 2.20. The Morgan fingerprint density at radius 3 is 2.68 bits per heavy atom. The molecule has 0 bridgehead atoms. The molecular formula is C19H20N2O4. The molecule has 0 unspecified atom stereocenters. The van der Waals surface area contributed by atoms with Gasteiger partial charge in [0.1, 0.15) is 17.9 Å². The summed E-state index contributed by atoms with van der Waals surface area (Å²) in [5.41, 5.74) is 1.05. The van der Waals surface area contributed by atoms with Gasteiger partial charge in [-0.3, -0.25) is 9.78 Å². The number of carbonyl (C=O) groups is 2. The summed E-state index contributed by atoms with van der Waals surface area (Å²) in [6.07, 6.45) is 3.40. The highest BCUT2D eigenvalue weighted by molar-refractivity contribution is 5.98. The molecule has 6 heteroatoms. The van der Waals surface area contributed by atoms with Crippen molar-refractivity contribution in [2.45, 2.75) is 38.3 Å². The van der Waals surface area contributed by atoms with Gasteiger partial charge in [0.25, 0.3) is 5.91 Å². The first kappa shape index (κ1) is 17.0. The first-order chi connectivity index (χ1) is 12.0. The van der Waals surface area contributed by atoms with Crippen LogP contribution >= 0.6 is 0 Å². The Labute approximate surface area is 145 Å². The lowest BCUT2D eigenvalue weighted by Gasteiger charge is -2.38. The van der Waals surface area contributed by atoms with E-state index in [1.54, 1.807) is 24.4 Å². The van der Waals surface area contributed by atoms with E-state index >= 15 is 0 Å². The zero-order chi connectivity index (χ0) is 17.9. The molecule has 3 rings (SSSR count). The molecule has 1 aliphatic rings. The highest BCUT2D eigenvalue weighted by Gasteiger charge is 2.45. The second kappa shape index (κ2) is 6.93. The molecule has 1 amide bonds. The van der Waals surface area contributed by atoms with Gasteiger partial charge in [0, 0.05) is 11.3 Å². The standard InChI is InChI=1S/C19H20N2O4/c1-13-6-7-16(11-20-13)25-12-14-4-2-5-15(10-14)17(22)21-19(18(23)24)8-3-9-19/h2,4-7,10-11H,3,8-9,12H2,1H3,(H,21,22)(H,23,24). The van der Waals surface area contributed by atoms with E-state index in [0.29, 0.717) is 30.8 Å². The Bertz CT molecular complexity index is 782. The van der Waals surface area contributed by atoms with Crippen LogP contribution in [0.2, 0.25) is 0 Å². The zero-order valence-electron chi connectivity index (χ0n) is 14.0. The smallest absolute Gasteiger partial charge is 0.329 e. The number of aliphatic carboxylic acids is 1. The SMILES string of the molecule is Cc1ccc(OCc2cccc(C(=O)NC3(C(=O)O)CCC3)c2)cn1. The number of nitrogens with zero attached hydrogens (tertiary/aromatic N) is 1. The Hall–Kier alpha value is -2.89. The van der Waals surface area contributed by atoms with Gasteiger partial charge in [-0.05, 0) is 56.0 Å². The minimum Gasteiger partial charge on any atom is -0.487 e. The van der Waals surface area contributed by atoms with Crippen LogP contribution in [-0.4, -0.2) is 27.5 Å². The number of ether oxygens (including phenoxy) is 1. The van der Waals surface area contributed by atoms with Crippen molar-refractivity contribution in [1.29, 1.82) is 0 Å². The molecule has 1 aliphatic carbocycles. The number of pyridine rings is 1. The molecule has 1 aromatic heterocycles. The van der Waals surface area contributed by atoms with Crippen LogP contribution in [0.1, 0.15) is 40.9 Å². The zero-order valence-corrected chi connectivity index (χ0v) is 14.0. The maximum atomic E-state index is 12.4. The number of carboxylic acid groups (broad SMARTS) is 1. The third-order valence-electron chi connectivity index (χ3n) is 4.45. The maximum Gasteiger partial charge on any atom is 0.329 e. The number of benzene rings is 1. The van der Waals surface area contributed by atoms with Crippen molar-refractivity contribution in [3.8, 4) is 5.75 Å².